The fourth-order valence-electron chi connectivity index (χ4n) is 1.69. The lowest BCUT2D eigenvalue weighted by Crippen LogP contribution is -1.99. The van der Waals surface area contributed by atoms with Gasteiger partial charge in [-0.1, -0.05) is 0 Å². The predicted molar refractivity (Wildman–Crippen MR) is 72.0 cm³/mol. The lowest BCUT2D eigenvalue weighted by Gasteiger charge is -2.09. The van der Waals surface area contributed by atoms with Crippen molar-refractivity contribution in [1.29, 1.82) is 5.26 Å². The number of rotatable bonds is 4. The minimum absolute atomic E-state index is 0.0225. The summed E-state index contributed by atoms with van der Waals surface area (Å²) in [7, 11) is 0. The summed E-state index contributed by atoms with van der Waals surface area (Å²) < 4.78 is 32.5. The number of hydrogen-bond acceptors (Lipinski definition) is 3. The quantitative estimate of drug-likeness (QED) is 0.917. The van der Waals surface area contributed by atoms with E-state index in [1.54, 1.807) is 30.3 Å². The van der Waals surface area contributed by atoms with Crippen molar-refractivity contribution >= 4 is 11.4 Å². The summed E-state index contributed by atoms with van der Waals surface area (Å²) in [6, 6.07) is 11.0. The largest absolute Gasteiger partial charge is 0.494 e. The fraction of sp³-hybridized carbons (Fsp3) is 0.133. The number of benzene rings is 2. The van der Waals surface area contributed by atoms with Crippen molar-refractivity contribution < 1.29 is 13.5 Å². The molecular formula is C15H12F2N2O. The van der Waals surface area contributed by atoms with E-state index in [-0.39, 0.29) is 11.3 Å². The van der Waals surface area contributed by atoms with Crippen LogP contribution in [-0.4, -0.2) is 6.61 Å². The SMILES string of the molecule is CCOc1ccc(Nc2ccc(C#N)c(F)c2F)cc1. The number of halogens is 2. The van der Waals surface area contributed by atoms with Gasteiger partial charge in [0, 0.05) is 5.69 Å². The van der Waals surface area contributed by atoms with Gasteiger partial charge in [0.25, 0.3) is 0 Å². The van der Waals surface area contributed by atoms with Crippen LogP contribution >= 0.6 is 0 Å². The summed E-state index contributed by atoms with van der Waals surface area (Å²) in [5.74, 6) is -1.52. The van der Waals surface area contributed by atoms with Gasteiger partial charge in [0.05, 0.1) is 17.9 Å². The molecule has 0 bridgehead atoms. The summed E-state index contributed by atoms with van der Waals surface area (Å²) in [5.41, 5.74) is 0.252. The summed E-state index contributed by atoms with van der Waals surface area (Å²) in [6.07, 6.45) is 0. The Kier molecular flexibility index (Phi) is 4.16. The van der Waals surface area contributed by atoms with Crippen LogP contribution in [0.4, 0.5) is 20.2 Å². The van der Waals surface area contributed by atoms with E-state index < -0.39 is 11.6 Å². The zero-order valence-electron chi connectivity index (χ0n) is 10.8. The summed E-state index contributed by atoms with van der Waals surface area (Å²) >= 11 is 0. The number of hydrogen-bond donors (Lipinski definition) is 1. The Morgan fingerprint density at radius 2 is 1.80 bits per heavy atom. The highest BCUT2D eigenvalue weighted by Crippen LogP contribution is 2.25. The molecule has 0 saturated carbocycles. The third-order valence-electron chi connectivity index (χ3n) is 2.65. The summed E-state index contributed by atoms with van der Waals surface area (Å²) in [4.78, 5) is 0. The highest BCUT2D eigenvalue weighted by Gasteiger charge is 2.13. The molecule has 0 saturated heterocycles. The van der Waals surface area contributed by atoms with Crippen LogP contribution < -0.4 is 10.1 Å². The van der Waals surface area contributed by atoms with E-state index in [9.17, 15) is 8.78 Å². The molecule has 0 aliphatic carbocycles. The molecule has 20 heavy (non-hydrogen) atoms. The molecule has 0 aliphatic heterocycles. The highest BCUT2D eigenvalue weighted by molar-refractivity contribution is 5.62. The van der Waals surface area contributed by atoms with Gasteiger partial charge in [-0.2, -0.15) is 5.26 Å². The first-order valence-corrected chi connectivity index (χ1v) is 6.03. The lowest BCUT2D eigenvalue weighted by molar-refractivity contribution is 0.340. The first-order chi connectivity index (χ1) is 9.65. The molecule has 0 atom stereocenters. The normalized spacial score (nSPS) is 9.90. The molecule has 102 valence electrons. The molecular weight excluding hydrogens is 262 g/mol. The van der Waals surface area contributed by atoms with E-state index in [1.807, 2.05) is 6.92 Å². The molecule has 2 rings (SSSR count). The zero-order valence-corrected chi connectivity index (χ0v) is 10.8. The molecule has 2 aromatic rings. The molecule has 0 aromatic heterocycles. The number of ether oxygens (including phenoxy) is 1. The van der Waals surface area contributed by atoms with Gasteiger partial charge in [-0.3, -0.25) is 0 Å². The van der Waals surface area contributed by atoms with Crippen molar-refractivity contribution in [2.45, 2.75) is 6.92 Å². The Bertz CT molecular complexity index is 648. The van der Waals surface area contributed by atoms with Gasteiger partial charge in [0.15, 0.2) is 11.6 Å². The van der Waals surface area contributed by atoms with Crippen molar-refractivity contribution in [3.63, 3.8) is 0 Å². The third kappa shape index (κ3) is 2.86. The maximum atomic E-state index is 13.7. The van der Waals surface area contributed by atoms with Gasteiger partial charge >= 0.3 is 0 Å². The molecule has 0 fully saturated rings. The van der Waals surface area contributed by atoms with E-state index >= 15 is 0 Å². The van der Waals surface area contributed by atoms with Gasteiger partial charge in [0.2, 0.25) is 0 Å². The molecule has 0 aliphatic rings. The molecule has 2 aromatic carbocycles. The van der Waals surface area contributed by atoms with Crippen molar-refractivity contribution in [2.24, 2.45) is 0 Å². The topological polar surface area (TPSA) is 45.0 Å². The zero-order chi connectivity index (χ0) is 14.5. The van der Waals surface area contributed by atoms with Gasteiger partial charge < -0.3 is 10.1 Å². The first kappa shape index (κ1) is 13.8. The molecule has 0 heterocycles. The van der Waals surface area contributed by atoms with Crippen molar-refractivity contribution in [1.82, 2.24) is 0 Å². The second-order valence-electron chi connectivity index (χ2n) is 3.98. The van der Waals surface area contributed by atoms with Gasteiger partial charge in [0.1, 0.15) is 11.8 Å². The highest BCUT2D eigenvalue weighted by atomic mass is 19.2. The average molecular weight is 274 g/mol. The second-order valence-corrected chi connectivity index (χ2v) is 3.98. The minimum atomic E-state index is -1.15. The number of nitrogens with one attached hydrogen (secondary N) is 1. The van der Waals surface area contributed by atoms with Gasteiger partial charge in [-0.15, -0.1) is 0 Å². The Balaban J connectivity index is 2.22. The summed E-state index contributed by atoms with van der Waals surface area (Å²) in [5, 5.41) is 11.4. The standard InChI is InChI=1S/C15H12F2N2O/c1-2-20-12-6-4-11(5-7-12)19-13-8-3-10(9-18)14(16)15(13)17/h3-8,19H,2H2,1H3. The van der Waals surface area contributed by atoms with E-state index in [0.717, 1.165) is 0 Å². The van der Waals surface area contributed by atoms with E-state index in [4.69, 9.17) is 10.00 Å². The number of anilines is 2. The van der Waals surface area contributed by atoms with Crippen LogP contribution in [0, 0.1) is 23.0 Å². The minimum Gasteiger partial charge on any atom is -0.494 e. The number of nitriles is 1. The smallest absolute Gasteiger partial charge is 0.183 e. The van der Waals surface area contributed by atoms with E-state index in [0.29, 0.717) is 18.0 Å². The van der Waals surface area contributed by atoms with Crippen LogP contribution in [0.3, 0.4) is 0 Å². The molecule has 0 unspecified atom stereocenters. The van der Waals surface area contributed by atoms with Crippen LogP contribution in [0.2, 0.25) is 0 Å². The van der Waals surface area contributed by atoms with Crippen LogP contribution in [0.5, 0.6) is 5.75 Å². The van der Waals surface area contributed by atoms with E-state index in [2.05, 4.69) is 5.32 Å². The Labute approximate surface area is 115 Å². The molecule has 0 amide bonds. The average Bonchev–Trinajstić information content (AvgIpc) is 2.46. The summed E-state index contributed by atoms with van der Waals surface area (Å²) in [6.45, 7) is 2.43. The van der Waals surface area contributed by atoms with Crippen LogP contribution in [0.25, 0.3) is 0 Å². The van der Waals surface area contributed by atoms with Crippen LogP contribution in [0.15, 0.2) is 36.4 Å². The van der Waals surface area contributed by atoms with Gasteiger partial charge in [-0.05, 0) is 43.3 Å². The van der Waals surface area contributed by atoms with Crippen LogP contribution in [0.1, 0.15) is 12.5 Å². The first-order valence-electron chi connectivity index (χ1n) is 6.03. The third-order valence-corrected chi connectivity index (χ3v) is 2.65. The molecule has 5 heteroatoms. The van der Waals surface area contributed by atoms with E-state index in [1.165, 1.54) is 12.1 Å². The monoisotopic (exact) mass is 274 g/mol. The number of nitrogens with zero attached hydrogens (tertiary/aromatic N) is 1. The molecule has 0 radical (unpaired) electrons. The van der Waals surface area contributed by atoms with Crippen molar-refractivity contribution in [3.8, 4) is 11.8 Å². The maximum absolute atomic E-state index is 13.7. The lowest BCUT2D eigenvalue weighted by atomic mass is 10.2. The molecule has 0 spiro atoms. The Hall–Kier alpha value is -2.61. The maximum Gasteiger partial charge on any atom is 0.183 e. The van der Waals surface area contributed by atoms with Crippen molar-refractivity contribution in [3.05, 3.63) is 53.6 Å². The van der Waals surface area contributed by atoms with Crippen molar-refractivity contribution in [2.75, 3.05) is 11.9 Å². The predicted octanol–water partition coefficient (Wildman–Crippen LogP) is 3.98. The fourth-order valence-corrected chi connectivity index (χ4v) is 1.69. The molecule has 1 N–H and O–H groups in total. The van der Waals surface area contributed by atoms with Crippen LogP contribution in [-0.2, 0) is 0 Å². The Morgan fingerprint density at radius 1 is 1.10 bits per heavy atom. The second kappa shape index (κ2) is 6.02. The van der Waals surface area contributed by atoms with Gasteiger partial charge in [-0.25, -0.2) is 8.78 Å². The Morgan fingerprint density at radius 3 is 2.40 bits per heavy atom. The molecule has 3 nitrogen and oxygen atoms in total.